The second kappa shape index (κ2) is 9.73. The highest BCUT2D eigenvalue weighted by Gasteiger charge is 2.25. The van der Waals surface area contributed by atoms with E-state index in [-0.39, 0.29) is 6.42 Å². The second-order valence-electron chi connectivity index (χ2n) is 6.80. The summed E-state index contributed by atoms with van der Waals surface area (Å²) in [6, 6.07) is 15.9. The van der Waals surface area contributed by atoms with Crippen LogP contribution in [0, 0.1) is 13.8 Å². The van der Waals surface area contributed by atoms with Crippen LogP contribution in [0.1, 0.15) is 35.1 Å². The van der Waals surface area contributed by atoms with E-state index in [9.17, 15) is 9.59 Å². The van der Waals surface area contributed by atoms with Gasteiger partial charge in [-0.2, -0.15) is 0 Å². The number of amides is 1. The first-order chi connectivity index (χ1) is 14.5. The van der Waals surface area contributed by atoms with Gasteiger partial charge in [0.25, 0.3) is 5.91 Å². The molecule has 2 aromatic carbocycles. The molecule has 0 fully saturated rings. The minimum atomic E-state index is -1.07. The second-order valence-corrected chi connectivity index (χ2v) is 6.80. The lowest BCUT2D eigenvalue weighted by atomic mass is 10.1. The largest absolute Gasteiger partial charge is 0.497 e. The molecule has 1 atom stereocenters. The van der Waals surface area contributed by atoms with E-state index in [1.165, 1.54) is 0 Å². The number of ether oxygens (including phenoxy) is 2. The zero-order chi connectivity index (χ0) is 21.5. The van der Waals surface area contributed by atoms with Gasteiger partial charge in [-0.3, -0.25) is 9.59 Å². The van der Waals surface area contributed by atoms with Crippen molar-refractivity contribution in [3.8, 4) is 5.75 Å². The molecule has 30 heavy (non-hydrogen) atoms. The van der Waals surface area contributed by atoms with E-state index in [1.807, 2.05) is 13.0 Å². The van der Waals surface area contributed by atoms with Gasteiger partial charge < -0.3 is 19.3 Å². The third-order valence-electron chi connectivity index (χ3n) is 4.69. The standard InChI is InChI=1S/C23H24N2O5/c1-15-20(16(2)30-25-15)12-13-21(26)29-22(17-8-5-4-6-9-17)23(27)24-18-10-7-11-19(14-18)28-3/h4-11,14,22H,12-13H2,1-3H3,(H,24,27)/t22-/m1/s1. The van der Waals surface area contributed by atoms with Crippen molar-refractivity contribution in [3.63, 3.8) is 0 Å². The molecule has 1 aromatic heterocycles. The lowest BCUT2D eigenvalue weighted by Crippen LogP contribution is -2.26. The fraction of sp³-hybridized carbons (Fsp3) is 0.261. The van der Waals surface area contributed by atoms with Gasteiger partial charge in [0.15, 0.2) is 0 Å². The Hall–Kier alpha value is -3.61. The van der Waals surface area contributed by atoms with Crippen molar-refractivity contribution in [3.05, 3.63) is 77.2 Å². The molecule has 0 unspecified atom stereocenters. The summed E-state index contributed by atoms with van der Waals surface area (Å²) in [4.78, 5) is 25.5. The molecular formula is C23H24N2O5. The summed E-state index contributed by atoms with van der Waals surface area (Å²) in [6.45, 7) is 3.63. The third-order valence-corrected chi connectivity index (χ3v) is 4.69. The van der Waals surface area contributed by atoms with E-state index < -0.39 is 18.0 Å². The molecule has 1 amide bonds. The van der Waals surface area contributed by atoms with Gasteiger partial charge in [-0.15, -0.1) is 0 Å². The summed E-state index contributed by atoms with van der Waals surface area (Å²) in [5, 5.41) is 6.68. The van der Waals surface area contributed by atoms with Gasteiger partial charge in [0.05, 0.1) is 12.8 Å². The molecule has 0 saturated carbocycles. The summed E-state index contributed by atoms with van der Waals surface area (Å²) in [6.07, 6.45) is -0.535. The van der Waals surface area contributed by atoms with Crippen molar-refractivity contribution in [1.82, 2.24) is 5.16 Å². The molecule has 0 saturated heterocycles. The number of carbonyl (C=O) groups excluding carboxylic acids is 2. The first kappa shape index (κ1) is 21.1. The molecule has 7 heteroatoms. The molecule has 7 nitrogen and oxygen atoms in total. The fourth-order valence-electron chi connectivity index (χ4n) is 3.09. The van der Waals surface area contributed by atoms with E-state index in [4.69, 9.17) is 14.0 Å². The lowest BCUT2D eigenvalue weighted by molar-refractivity contribution is -0.154. The topological polar surface area (TPSA) is 90.7 Å². The maximum Gasteiger partial charge on any atom is 0.307 e. The van der Waals surface area contributed by atoms with Crippen LogP contribution in [0.2, 0.25) is 0 Å². The number of aryl methyl sites for hydroxylation is 2. The van der Waals surface area contributed by atoms with Crippen LogP contribution < -0.4 is 10.1 Å². The number of hydrogen-bond donors (Lipinski definition) is 1. The number of methoxy groups -OCH3 is 1. The Kier molecular flexibility index (Phi) is 6.85. The van der Waals surface area contributed by atoms with Crippen LogP contribution >= 0.6 is 0 Å². The van der Waals surface area contributed by atoms with Crippen molar-refractivity contribution in [1.29, 1.82) is 0 Å². The number of aromatic nitrogens is 1. The summed E-state index contributed by atoms with van der Waals surface area (Å²) in [5.41, 5.74) is 2.76. The van der Waals surface area contributed by atoms with Crippen LogP contribution in [-0.2, 0) is 20.7 Å². The number of benzene rings is 2. The lowest BCUT2D eigenvalue weighted by Gasteiger charge is -2.18. The van der Waals surface area contributed by atoms with Crippen molar-refractivity contribution in [2.75, 3.05) is 12.4 Å². The number of hydrogen-bond acceptors (Lipinski definition) is 6. The number of anilines is 1. The summed E-state index contributed by atoms with van der Waals surface area (Å²) in [7, 11) is 1.55. The zero-order valence-corrected chi connectivity index (χ0v) is 17.2. The highest BCUT2D eigenvalue weighted by atomic mass is 16.5. The first-order valence-corrected chi connectivity index (χ1v) is 9.59. The smallest absolute Gasteiger partial charge is 0.307 e. The van der Waals surface area contributed by atoms with Crippen LogP contribution in [0.3, 0.4) is 0 Å². The van der Waals surface area contributed by atoms with Crippen LogP contribution in [0.4, 0.5) is 5.69 Å². The SMILES string of the molecule is COc1cccc(NC(=O)[C@H](OC(=O)CCc2c(C)noc2C)c2ccccc2)c1. The minimum Gasteiger partial charge on any atom is -0.497 e. The zero-order valence-electron chi connectivity index (χ0n) is 17.2. The molecule has 0 bridgehead atoms. The third kappa shape index (κ3) is 5.26. The number of rotatable bonds is 8. The molecule has 0 aliphatic rings. The molecule has 1 heterocycles. The number of nitrogens with one attached hydrogen (secondary N) is 1. The summed E-state index contributed by atoms with van der Waals surface area (Å²) < 4.78 is 15.9. The van der Waals surface area contributed by atoms with Gasteiger partial charge in [0.2, 0.25) is 6.10 Å². The van der Waals surface area contributed by atoms with Gasteiger partial charge in [0, 0.05) is 29.3 Å². The molecule has 3 aromatic rings. The van der Waals surface area contributed by atoms with Crippen molar-refractivity contribution in [2.45, 2.75) is 32.8 Å². The highest BCUT2D eigenvalue weighted by molar-refractivity contribution is 5.96. The van der Waals surface area contributed by atoms with Crippen LogP contribution in [0.25, 0.3) is 0 Å². The van der Waals surface area contributed by atoms with E-state index in [2.05, 4.69) is 10.5 Å². The average molecular weight is 408 g/mol. The predicted octanol–water partition coefficient (Wildman–Crippen LogP) is 4.16. The molecule has 0 radical (unpaired) electrons. The number of esters is 1. The molecule has 1 N–H and O–H groups in total. The van der Waals surface area contributed by atoms with E-state index in [1.54, 1.807) is 62.6 Å². The Balaban J connectivity index is 1.72. The van der Waals surface area contributed by atoms with Gasteiger partial charge in [-0.05, 0) is 32.4 Å². The Morgan fingerprint density at radius 2 is 1.87 bits per heavy atom. The normalized spacial score (nSPS) is 11.6. The quantitative estimate of drug-likeness (QED) is 0.563. The van der Waals surface area contributed by atoms with Crippen LogP contribution in [0.15, 0.2) is 59.1 Å². The van der Waals surface area contributed by atoms with Crippen molar-refractivity contribution >= 4 is 17.6 Å². The molecule has 3 rings (SSSR count). The van der Waals surface area contributed by atoms with Gasteiger partial charge >= 0.3 is 5.97 Å². The predicted molar refractivity (Wildman–Crippen MR) is 111 cm³/mol. The summed E-state index contributed by atoms with van der Waals surface area (Å²) in [5.74, 6) is 0.362. The monoisotopic (exact) mass is 408 g/mol. The first-order valence-electron chi connectivity index (χ1n) is 9.59. The van der Waals surface area contributed by atoms with E-state index in [0.29, 0.717) is 29.2 Å². The average Bonchev–Trinajstić information content (AvgIpc) is 3.08. The minimum absolute atomic E-state index is 0.110. The molecular weight excluding hydrogens is 384 g/mol. The Morgan fingerprint density at radius 3 is 2.53 bits per heavy atom. The van der Waals surface area contributed by atoms with Crippen LogP contribution in [-0.4, -0.2) is 24.1 Å². The Labute approximate surface area is 175 Å². The van der Waals surface area contributed by atoms with Crippen molar-refractivity contribution < 1.29 is 23.6 Å². The maximum absolute atomic E-state index is 12.9. The number of carbonyl (C=O) groups is 2. The maximum atomic E-state index is 12.9. The molecule has 0 spiro atoms. The van der Waals surface area contributed by atoms with Gasteiger partial charge in [-0.25, -0.2) is 0 Å². The van der Waals surface area contributed by atoms with Crippen LogP contribution in [0.5, 0.6) is 5.75 Å². The van der Waals surface area contributed by atoms with Crippen molar-refractivity contribution in [2.24, 2.45) is 0 Å². The Morgan fingerprint density at radius 1 is 1.10 bits per heavy atom. The molecule has 156 valence electrons. The molecule has 0 aliphatic carbocycles. The fourth-order valence-corrected chi connectivity index (χ4v) is 3.09. The van der Waals surface area contributed by atoms with E-state index in [0.717, 1.165) is 11.3 Å². The molecule has 0 aliphatic heterocycles. The number of nitrogens with zero attached hydrogens (tertiary/aromatic N) is 1. The van der Waals surface area contributed by atoms with Gasteiger partial charge in [-0.1, -0.05) is 41.6 Å². The Bertz CT molecular complexity index is 994. The highest BCUT2D eigenvalue weighted by Crippen LogP contribution is 2.23. The van der Waals surface area contributed by atoms with E-state index >= 15 is 0 Å². The summed E-state index contributed by atoms with van der Waals surface area (Å²) >= 11 is 0. The van der Waals surface area contributed by atoms with Gasteiger partial charge in [0.1, 0.15) is 11.5 Å².